The fourth-order valence-electron chi connectivity index (χ4n) is 10.0. The van der Waals surface area contributed by atoms with Gasteiger partial charge in [-0.1, -0.05) is 0 Å². The van der Waals surface area contributed by atoms with Crippen LogP contribution in [0.15, 0.2) is 132 Å². The molecule has 0 aromatic heterocycles. The topological polar surface area (TPSA) is 0 Å². The summed E-state index contributed by atoms with van der Waals surface area (Å²) in [6, 6.07) is 48.6. The monoisotopic (exact) mass is 776 g/mol. The average Bonchev–Trinajstić information content (AvgIpc) is 3.70. The molecule has 1 heterocycles. The van der Waals surface area contributed by atoms with E-state index in [-0.39, 0.29) is 0 Å². The van der Waals surface area contributed by atoms with Crippen LogP contribution in [0.3, 0.4) is 0 Å². The molecule has 3 aliphatic rings. The average molecular weight is 775 g/mol. The molecule has 2 aliphatic carbocycles. The second kappa shape index (κ2) is 10.5. The van der Waals surface area contributed by atoms with Crippen molar-refractivity contribution in [3.63, 3.8) is 0 Å². The first-order valence-electron chi connectivity index (χ1n) is 17.1. The summed E-state index contributed by atoms with van der Waals surface area (Å²) in [4.78, 5) is 0. The molecule has 2 heteroatoms. The van der Waals surface area contributed by atoms with Crippen molar-refractivity contribution in [2.24, 2.45) is 0 Å². The minimum absolute atomic E-state index is 0.651. The second-order valence-electron chi connectivity index (χ2n) is 14.3. The molecule has 0 nitrogen and oxygen atoms in total. The minimum atomic E-state index is -3.12. The Morgan fingerprint density at radius 1 is 0.478 bits per heavy atom. The van der Waals surface area contributed by atoms with E-state index in [1.54, 1.807) is 11.1 Å². The maximum atomic E-state index is 2.80. The van der Waals surface area contributed by atoms with E-state index in [2.05, 4.69) is 157 Å². The number of benzene rings is 6. The molecular weight excluding hydrogens is 735 g/mol. The summed E-state index contributed by atoms with van der Waals surface area (Å²) >= 11 is -3.12. The van der Waals surface area contributed by atoms with E-state index in [0.29, 0.717) is 7.35 Å². The number of rotatable bonds is 4. The number of fused-ring (bicyclic) bond motifs is 8. The maximum absolute atomic E-state index is 3.12. The van der Waals surface area contributed by atoms with Gasteiger partial charge in [0.05, 0.1) is 0 Å². The summed E-state index contributed by atoms with van der Waals surface area (Å²) in [7, 11) is -1.95. The van der Waals surface area contributed by atoms with Crippen molar-refractivity contribution in [3.05, 3.63) is 154 Å². The normalized spacial score (nSPS) is 20.1. The Hall–Kier alpha value is -3.59. The molecule has 9 rings (SSSR count). The van der Waals surface area contributed by atoms with Gasteiger partial charge in [-0.25, -0.2) is 0 Å². The molecule has 0 radical (unpaired) electrons. The van der Waals surface area contributed by atoms with Gasteiger partial charge in [0.15, 0.2) is 0 Å². The van der Waals surface area contributed by atoms with Gasteiger partial charge in [-0.2, -0.15) is 0 Å². The van der Waals surface area contributed by atoms with Crippen LogP contribution in [0.4, 0.5) is 0 Å². The summed E-state index contributed by atoms with van der Waals surface area (Å²) < 4.78 is 6.90. The van der Waals surface area contributed by atoms with Crippen molar-refractivity contribution >= 4 is 41.8 Å². The van der Waals surface area contributed by atoms with Crippen molar-refractivity contribution < 1.29 is 20.0 Å². The number of hydrogen-bond acceptors (Lipinski definition) is 0. The van der Waals surface area contributed by atoms with Crippen LogP contribution in [0, 0.1) is 0 Å². The predicted octanol–water partition coefficient (Wildman–Crippen LogP) is 12.7. The summed E-state index contributed by atoms with van der Waals surface area (Å²) in [5.74, 6) is 0. The van der Waals surface area contributed by atoms with Gasteiger partial charge in [-0.15, -0.1) is 0 Å². The van der Waals surface area contributed by atoms with Gasteiger partial charge in [-0.3, -0.25) is 0 Å². The van der Waals surface area contributed by atoms with Gasteiger partial charge in [0.25, 0.3) is 0 Å². The van der Waals surface area contributed by atoms with E-state index < -0.39 is 28.0 Å². The Kier molecular flexibility index (Phi) is 6.50. The van der Waals surface area contributed by atoms with Crippen LogP contribution in [0.1, 0.15) is 43.5 Å². The van der Waals surface area contributed by atoms with Crippen molar-refractivity contribution in [3.8, 4) is 22.3 Å². The molecule has 0 amide bonds. The predicted molar refractivity (Wildman–Crippen MR) is 199 cm³/mol. The molecule has 0 N–H and O–H groups in total. The van der Waals surface area contributed by atoms with Crippen LogP contribution in [-0.2, 0) is 20.0 Å². The quantitative estimate of drug-likeness (QED) is 0.157. The van der Waals surface area contributed by atoms with E-state index in [0.717, 1.165) is 0 Å². The fraction of sp³-hybridized carbons (Fsp3) is 0.182. The van der Waals surface area contributed by atoms with Gasteiger partial charge in [0.2, 0.25) is 0 Å². The molecule has 46 heavy (non-hydrogen) atoms. The summed E-state index contributed by atoms with van der Waals surface area (Å²) in [6.45, 7) is 5.04. The fourth-order valence-corrected chi connectivity index (χ4v) is 41.9. The van der Waals surface area contributed by atoms with Crippen LogP contribution in [0.5, 0.6) is 0 Å². The van der Waals surface area contributed by atoms with Crippen molar-refractivity contribution in [1.29, 1.82) is 0 Å². The van der Waals surface area contributed by atoms with Gasteiger partial charge in [0.1, 0.15) is 0 Å². The first-order valence-corrected chi connectivity index (χ1v) is 30.9. The molecule has 6 aromatic rings. The standard InChI is InChI=1S/C42H34Si.2CH3.Hf/c1-3-43(4-2,33-25-31-17-11-23-39(41(31)27-33)37-21-9-15-29-13-5-7-19-35(29)37)34-26-32-18-12-24-40(42(32)28-34)38-22-10-16-30-14-6-8-20-36(30)38;;;/h5-28H,3-4H2,1-2H3;2*1H3;. The second-order valence-corrected chi connectivity index (χ2v) is 36.3. The first kappa shape index (κ1) is 28.6. The Morgan fingerprint density at radius 2 is 0.870 bits per heavy atom. The molecule has 0 spiro atoms. The molecule has 1 aliphatic heterocycles. The molecule has 2 unspecified atom stereocenters. The third-order valence-electron chi connectivity index (χ3n) is 12.1. The third kappa shape index (κ3) is 3.81. The SMILES string of the molecule is CC[Si]1(CC)C2=Cc3c(-c4cccc5ccccc45)cccc3[CH]2[Hf]([CH3])([CH3])[CH]2C1=Cc1c(-c3cccc4ccccc34)cccc12. The summed E-state index contributed by atoms with van der Waals surface area (Å²) in [5, 5.41) is 9.11. The Bertz CT molecular complexity index is 2110. The first-order chi connectivity index (χ1) is 22.5. The Labute approximate surface area is 278 Å². The van der Waals surface area contributed by atoms with E-state index in [1.165, 1.54) is 67.0 Å². The van der Waals surface area contributed by atoms with Crippen LogP contribution in [0.2, 0.25) is 21.4 Å². The molecule has 224 valence electrons. The third-order valence-corrected chi connectivity index (χ3v) is 34.8. The molecule has 1 saturated heterocycles. The molecule has 1 fully saturated rings. The van der Waals surface area contributed by atoms with Gasteiger partial charge >= 0.3 is 281 Å². The van der Waals surface area contributed by atoms with E-state index in [4.69, 9.17) is 0 Å². The van der Waals surface area contributed by atoms with Gasteiger partial charge in [0, 0.05) is 0 Å². The number of hydrogen-bond donors (Lipinski definition) is 0. The van der Waals surface area contributed by atoms with Crippen LogP contribution in [0.25, 0.3) is 56.0 Å². The van der Waals surface area contributed by atoms with Crippen molar-refractivity contribution in [2.75, 3.05) is 0 Å². The van der Waals surface area contributed by atoms with Crippen LogP contribution in [-0.4, -0.2) is 8.07 Å². The van der Waals surface area contributed by atoms with E-state index in [9.17, 15) is 0 Å². The van der Waals surface area contributed by atoms with Gasteiger partial charge < -0.3 is 0 Å². The molecule has 0 saturated carbocycles. The molecule has 0 bridgehead atoms. The van der Waals surface area contributed by atoms with Crippen molar-refractivity contribution in [1.82, 2.24) is 0 Å². The van der Waals surface area contributed by atoms with Gasteiger partial charge in [-0.05, 0) is 0 Å². The molecule has 2 atom stereocenters. The zero-order valence-electron chi connectivity index (χ0n) is 27.3. The summed E-state index contributed by atoms with van der Waals surface area (Å²) in [5.41, 5.74) is 11.9. The van der Waals surface area contributed by atoms with Crippen LogP contribution >= 0.6 is 0 Å². The van der Waals surface area contributed by atoms with Crippen molar-refractivity contribution in [2.45, 2.75) is 42.6 Å². The van der Waals surface area contributed by atoms with E-state index in [1.807, 2.05) is 10.4 Å². The molecular formula is C44H40HfSi. The zero-order chi connectivity index (χ0) is 31.2. The Morgan fingerprint density at radius 3 is 1.33 bits per heavy atom. The summed E-state index contributed by atoms with van der Waals surface area (Å²) in [6.07, 6.45) is 5.51. The molecule has 6 aromatic carbocycles. The Balaban J connectivity index is 1.28. The van der Waals surface area contributed by atoms with E-state index >= 15 is 0 Å². The van der Waals surface area contributed by atoms with Crippen LogP contribution < -0.4 is 0 Å². The number of allylic oxidation sites excluding steroid dienone is 2. The zero-order valence-corrected chi connectivity index (χ0v) is 31.9.